The summed E-state index contributed by atoms with van der Waals surface area (Å²) in [6, 6.07) is 0. The largest absolute Gasteiger partial charge is 0.308 e. The average molecular weight is 114 g/mol. The van der Waals surface area contributed by atoms with Crippen molar-refractivity contribution in [3.05, 3.63) is 12.4 Å². The molecular weight excluding hydrogens is 104 g/mol. The highest BCUT2D eigenvalue weighted by atomic mass is 15.9. The van der Waals surface area contributed by atoms with Gasteiger partial charge in [0, 0.05) is 20.3 Å². The highest BCUT2D eigenvalue weighted by Crippen LogP contribution is 1.88. The minimum atomic E-state index is 1.82. The number of nitrogens with one attached hydrogen (secondary N) is 2. The lowest BCUT2D eigenvalue weighted by molar-refractivity contribution is 0.0282. The molecule has 0 saturated heterocycles. The lowest BCUT2D eigenvalue weighted by Crippen LogP contribution is -2.43. The first kappa shape index (κ1) is 5.40. The van der Waals surface area contributed by atoms with Gasteiger partial charge in [-0.1, -0.05) is 0 Å². The molecule has 0 aliphatic carbocycles. The molecule has 1 aliphatic rings. The molecule has 0 unspecified atom stereocenters. The van der Waals surface area contributed by atoms with Crippen LogP contribution in [0.25, 0.3) is 0 Å². The van der Waals surface area contributed by atoms with Crippen LogP contribution < -0.4 is 11.0 Å². The van der Waals surface area contributed by atoms with Gasteiger partial charge in [0.25, 0.3) is 0 Å². The molecule has 4 nitrogen and oxygen atoms in total. The van der Waals surface area contributed by atoms with Gasteiger partial charge >= 0.3 is 0 Å². The fraction of sp³-hybridized carbons (Fsp3) is 0.500. The van der Waals surface area contributed by atoms with E-state index in [1.165, 1.54) is 0 Å². The Hall–Kier alpha value is -0.740. The summed E-state index contributed by atoms with van der Waals surface area (Å²) in [7, 11) is 3.90. The van der Waals surface area contributed by atoms with Gasteiger partial charge in [-0.15, -0.1) is 5.53 Å². The molecule has 0 amide bonds. The first-order valence-electron chi connectivity index (χ1n) is 2.45. The molecule has 0 atom stereocenters. The Morgan fingerprint density at radius 2 is 2.25 bits per heavy atom. The van der Waals surface area contributed by atoms with Gasteiger partial charge in [-0.25, -0.2) is 10.1 Å². The van der Waals surface area contributed by atoms with E-state index in [0.717, 1.165) is 0 Å². The minimum absolute atomic E-state index is 1.82. The van der Waals surface area contributed by atoms with Crippen molar-refractivity contribution >= 4 is 0 Å². The summed E-state index contributed by atoms with van der Waals surface area (Å²) in [5, 5.41) is 3.73. The zero-order chi connectivity index (χ0) is 5.98. The maximum Gasteiger partial charge on any atom is 0.0533 e. The minimum Gasteiger partial charge on any atom is -0.308 e. The molecular formula is C4H10N4. The Morgan fingerprint density at radius 3 is 2.50 bits per heavy atom. The Bertz CT molecular complexity index is 98.2. The van der Waals surface area contributed by atoms with E-state index in [-0.39, 0.29) is 0 Å². The molecule has 1 aliphatic heterocycles. The first-order chi connectivity index (χ1) is 3.80. The Morgan fingerprint density at radius 1 is 1.50 bits per heavy atom. The molecule has 4 heteroatoms. The van der Waals surface area contributed by atoms with Gasteiger partial charge in [-0.2, -0.15) is 0 Å². The quantitative estimate of drug-likeness (QED) is 0.470. The molecule has 0 fully saturated rings. The molecule has 0 aromatic heterocycles. The average Bonchev–Trinajstić information content (AvgIpc) is 2.12. The molecule has 8 heavy (non-hydrogen) atoms. The predicted molar refractivity (Wildman–Crippen MR) is 30.9 cm³/mol. The zero-order valence-electron chi connectivity index (χ0n) is 5.05. The predicted octanol–water partition coefficient (Wildman–Crippen LogP) is -0.741. The maximum atomic E-state index is 2.85. The van der Waals surface area contributed by atoms with E-state index in [0.29, 0.717) is 0 Å². The van der Waals surface area contributed by atoms with E-state index >= 15 is 0 Å². The first-order valence-corrected chi connectivity index (χ1v) is 2.45. The molecule has 0 saturated carbocycles. The van der Waals surface area contributed by atoms with Crippen molar-refractivity contribution in [1.29, 1.82) is 0 Å². The molecule has 1 heterocycles. The van der Waals surface area contributed by atoms with Crippen LogP contribution in [0.15, 0.2) is 12.4 Å². The third kappa shape index (κ3) is 0.907. The van der Waals surface area contributed by atoms with Crippen LogP contribution in [0.3, 0.4) is 0 Å². The second-order valence-corrected chi connectivity index (χ2v) is 1.76. The van der Waals surface area contributed by atoms with Gasteiger partial charge in [-0.05, 0) is 0 Å². The van der Waals surface area contributed by atoms with Crippen molar-refractivity contribution < 1.29 is 0 Å². The fourth-order valence-corrected chi connectivity index (χ4v) is 0.482. The van der Waals surface area contributed by atoms with Gasteiger partial charge in [0.15, 0.2) is 0 Å². The van der Waals surface area contributed by atoms with Crippen LogP contribution in [0.4, 0.5) is 0 Å². The van der Waals surface area contributed by atoms with Crippen LogP contribution in [-0.4, -0.2) is 24.2 Å². The molecule has 0 bridgehead atoms. The second kappa shape index (κ2) is 2.02. The van der Waals surface area contributed by atoms with Crippen LogP contribution in [-0.2, 0) is 0 Å². The summed E-state index contributed by atoms with van der Waals surface area (Å²) in [5.41, 5.74) is 5.66. The van der Waals surface area contributed by atoms with E-state index in [9.17, 15) is 0 Å². The normalized spacial score (nSPS) is 17.6. The summed E-state index contributed by atoms with van der Waals surface area (Å²) in [4.78, 5) is 0. The molecule has 1 rings (SSSR count). The van der Waals surface area contributed by atoms with Gasteiger partial charge < -0.3 is 5.43 Å². The van der Waals surface area contributed by atoms with Gasteiger partial charge in [-0.3, -0.25) is 0 Å². The van der Waals surface area contributed by atoms with Gasteiger partial charge in [0.05, 0.1) is 6.20 Å². The van der Waals surface area contributed by atoms with Crippen molar-refractivity contribution in [3.8, 4) is 0 Å². The molecule has 0 spiro atoms. The van der Waals surface area contributed by atoms with Crippen molar-refractivity contribution in [2.24, 2.45) is 0 Å². The van der Waals surface area contributed by atoms with Gasteiger partial charge in [0.2, 0.25) is 0 Å². The van der Waals surface area contributed by atoms with Gasteiger partial charge in [0.1, 0.15) is 0 Å². The van der Waals surface area contributed by atoms with Crippen molar-refractivity contribution in [3.63, 3.8) is 0 Å². The Labute approximate surface area is 48.7 Å². The van der Waals surface area contributed by atoms with Crippen molar-refractivity contribution in [2.45, 2.75) is 0 Å². The van der Waals surface area contributed by atoms with E-state index in [1.807, 2.05) is 36.6 Å². The van der Waals surface area contributed by atoms with E-state index in [2.05, 4.69) is 11.0 Å². The van der Waals surface area contributed by atoms with Crippen LogP contribution in [0.5, 0.6) is 0 Å². The summed E-state index contributed by atoms with van der Waals surface area (Å²) >= 11 is 0. The van der Waals surface area contributed by atoms with Crippen LogP contribution >= 0.6 is 0 Å². The van der Waals surface area contributed by atoms with Crippen LogP contribution in [0.1, 0.15) is 0 Å². The fourth-order valence-electron chi connectivity index (χ4n) is 0.482. The molecule has 2 N–H and O–H groups in total. The van der Waals surface area contributed by atoms with E-state index in [4.69, 9.17) is 0 Å². The topological polar surface area (TPSA) is 30.5 Å². The number of hydrazine groups is 3. The molecule has 46 valence electrons. The number of rotatable bonds is 1. The monoisotopic (exact) mass is 114 g/mol. The Kier molecular flexibility index (Phi) is 1.36. The lowest BCUT2D eigenvalue weighted by atomic mass is 10.9. The number of hydrogen-bond acceptors (Lipinski definition) is 4. The lowest BCUT2D eigenvalue weighted by Gasteiger charge is -2.21. The third-order valence-electron chi connectivity index (χ3n) is 0.909. The smallest absolute Gasteiger partial charge is 0.0533 e. The summed E-state index contributed by atoms with van der Waals surface area (Å²) in [6.45, 7) is 0. The summed E-state index contributed by atoms with van der Waals surface area (Å²) < 4.78 is 0. The third-order valence-corrected chi connectivity index (χ3v) is 0.909. The summed E-state index contributed by atoms with van der Waals surface area (Å²) in [6.07, 6.45) is 3.71. The van der Waals surface area contributed by atoms with E-state index < -0.39 is 0 Å². The summed E-state index contributed by atoms with van der Waals surface area (Å²) in [5.74, 6) is 0. The van der Waals surface area contributed by atoms with Crippen molar-refractivity contribution in [1.82, 2.24) is 21.1 Å². The van der Waals surface area contributed by atoms with Crippen molar-refractivity contribution in [2.75, 3.05) is 14.1 Å². The van der Waals surface area contributed by atoms with Crippen LogP contribution in [0, 0.1) is 0 Å². The second-order valence-electron chi connectivity index (χ2n) is 1.76. The molecule has 0 radical (unpaired) electrons. The molecule has 0 aromatic carbocycles. The number of hydrogen-bond donors (Lipinski definition) is 2. The maximum absolute atomic E-state index is 2.85. The Balaban J connectivity index is 2.36. The van der Waals surface area contributed by atoms with E-state index in [1.54, 1.807) is 0 Å². The molecule has 0 aromatic rings. The number of nitrogens with zero attached hydrogens (tertiary/aromatic N) is 2. The highest BCUT2D eigenvalue weighted by Gasteiger charge is 2.01. The standard InChI is InChI=1S/C4H10N4/c1-7(2)8-4-3-5-6-8/h3-6H,1-2H3. The van der Waals surface area contributed by atoms with Crippen LogP contribution in [0.2, 0.25) is 0 Å². The zero-order valence-corrected chi connectivity index (χ0v) is 5.05. The SMILES string of the molecule is CN(C)N1C=CNN1. The highest BCUT2D eigenvalue weighted by molar-refractivity contribution is 4.79.